The van der Waals surface area contributed by atoms with Gasteiger partial charge in [0.15, 0.2) is 0 Å². The highest BCUT2D eigenvalue weighted by molar-refractivity contribution is 5.84. The summed E-state index contributed by atoms with van der Waals surface area (Å²) in [6.07, 6.45) is 4.75. The molecule has 0 radical (unpaired) electrons. The summed E-state index contributed by atoms with van der Waals surface area (Å²) in [5.41, 5.74) is 0.880. The van der Waals surface area contributed by atoms with Gasteiger partial charge in [-0.2, -0.15) is 5.26 Å². The lowest BCUT2D eigenvalue weighted by Crippen LogP contribution is -2.32. The predicted molar refractivity (Wildman–Crippen MR) is 78.3 cm³/mol. The average molecular weight is 266 g/mol. The van der Waals surface area contributed by atoms with Crippen LogP contribution in [0, 0.1) is 23.2 Å². The van der Waals surface area contributed by atoms with E-state index in [0.717, 1.165) is 35.9 Å². The monoisotopic (exact) mass is 266 g/mol. The van der Waals surface area contributed by atoms with E-state index in [0.29, 0.717) is 5.92 Å². The third-order valence-corrected chi connectivity index (χ3v) is 4.09. The maximum Gasteiger partial charge on any atom is 0.146 e. The zero-order valence-corrected chi connectivity index (χ0v) is 11.6. The SMILES string of the molecule is CC1CCC(C#N)C(Oc2cccc3cccnc23)C1. The Labute approximate surface area is 119 Å². The van der Waals surface area contributed by atoms with Gasteiger partial charge < -0.3 is 4.74 Å². The number of pyridine rings is 1. The largest absolute Gasteiger partial charge is 0.487 e. The van der Waals surface area contributed by atoms with Crippen LogP contribution in [0.5, 0.6) is 5.75 Å². The first-order valence-electron chi connectivity index (χ1n) is 7.18. The molecule has 1 aromatic heterocycles. The van der Waals surface area contributed by atoms with E-state index in [9.17, 15) is 5.26 Å². The number of nitrogens with zero attached hydrogens (tertiary/aromatic N) is 2. The van der Waals surface area contributed by atoms with Crippen LogP contribution in [0.4, 0.5) is 0 Å². The van der Waals surface area contributed by atoms with Crippen LogP contribution in [0.1, 0.15) is 26.2 Å². The highest BCUT2D eigenvalue weighted by Crippen LogP contribution is 2.33. The van der Waals surface area contributed by atoms with Crippen molar-refractivity contribution in [2.75, 3.05) is 0 Å². The smallest absolute Gasteiger partial charge is 0.146 e. The van der Waals surface area contributed by atoms with Crippen molar-refractivity contribution in [2.24, 2.45) is 11.8 Å². The quantitative estimate of drug-likeness (QED) is 0.827. The average Bonchev–Trinajstić information content (AvgIpc) is 2.48. The molecule has 3 rings (SSSR count). The maximum absolute atomic E-state index is 9.29. The number of hydrogen-bond donors (Lipinski definition) is 0. The lowest BCUT2D eigenvalue weighted by Gasteiger charge is -2.31. The first kappa shape index (κ1) is 12.9. The predicted octanol–water partition coefficient (Wildman–Crippen LogP) is 3.94. The lowest BCUT2D eigenvalue weighted by molar-refractivity contribution is 0.0969. The number of benzene rings is 1. The van der Waals surface area contributed by atoms with E-state index in [-0.39, 0.29) is 12.0 Å². The summed E-state index contributed by atoms with van der Waals surface area (Å²) in [4.78, 5) is 4.41. The van der Waals surface area contributed by atoms with Crippen LogP contribution in [0.3, 0.4) is 0 Å². The van der Waals surface area contributed by atoms with Gasteiger partial charge in [-0.05, 0) is 37.3 Å². The molecular formula is C17H18N2O. The number of aromatic nitrogens is 1. The lowest BCUT2D eigenvalue weighted by atomic mass is 9.81. The van der Waals surface area contributed by atoms with E-state index in [4.69, 9.17) is 4.74 Å². The fourth-order valence-electron chi connectivity index (χ4n) is 2.94. The zero-order valence-electron chi connectivity index (χ0n) is 11.6. The molecule has 1 fully saturated rings. The molecule has 3 heteroatoms. The molecule has 0 N–H and O–H groups in total. The number of hydrogen-bond acceptors (Lipinski definition) is 3. The van der Waals surface area contributed by atoms with Crippen LogP contribution in [0.15, 0.2) is 36.5 Å². The van der Waals surface area contributed by atoms with E-state index in [1.165, 1.54) is 0 Å². The second-order valence-corrected chi connectivity index (χ2v) is 5.64. The summed E-state index contributed by atoms with van der Waals surface area (Å²) >= 11 is 0. The Morgan fingerprint density at radius 3 is 2.95 bits per heavy atom. The molecule has 1 aromatic carbocycles. The van der Waals surface area contributed by atoms with E-state index >= 15 is 0 Å². The van der Waals surface area contributed by atoms with Crippen LogP contribution < -0.4 is 4.74 Å². The third kappa shape index (κ3) is 2.46. The van der Waals surface area contributed by atoms with Gasteiger partial charge >= 0.3 is 0 Å². The molecule has 0 spiro atoms. The molecule has 3 atom stereocenters. The zero-order chi connectivity index (χ0) is 13.9. The summed E-state index contributed by atoms with van der Waals surface area (Å²) in [7, 11) is 0. The number of nitriles is 1. The van der Waals surface area contributed by atoms with Crippen LogP contribution in [0.25, 0.3) is 10.9 Å². The van der Waals surface area contributed by atoms with Gasteiger partial charge in [-0.15, -0.1) is 0 Å². The van der Waals surface area contributed by atoms with Crippen molar-refractivity contribution in [3.05, 3.63) is 36.5 Å². The van der Waals surface area contributed by atoms with Gasteiger partial charge in [-0.25, -0.2) is 0 Å². The fourth-order valence-corrected chi connectivity index (χ4v) is 2.94. The van der Waals surface area contributed by atoms with Crippen LogP contribution in [-0.4, -0.2) is 11.1 Å². The Hall–Kier alpha value is -2.08. The fraction of sp³-hybridized carbons (Fsp3) is 0.412. The van der Waals surface area contributed by atoms with Crippen molar-refractivity contribution in [1.82, 2.24) is 4.98 Å². The van der Waals surface area contributed by atoms with E-state index in [1.54, 1.807) is 6.20 Å². The molecule has 102 valence electrons. The second-order valence-electron chi connectivity index (χ2n) is 5.64. The van der Waals surface area contributed by atoms with Crippen molar-refractivity contribution in [3.8, 4) is 11.8 Å². The van der Waals surface area contributed by atoms with E-state index < -0.39 is 0 Å². The summed E-state index contributed by atoms with van der Waals surface area (Å²) in [6.45, 7) is 2.23. The Kier molecular flexibility index (Phi) is 3.56. The second kappa shape index (κ2) is 5.50. The first-order valence-corrected chi connectivity index (χ1v) is 7.18. The van der Waals surface area contributed by atoms with Crippen molar-refractivity contribution < 1.29 is 4.74 Å². The molecule has 20 heavy (non-hydrogen) atoms. The molecule has 2 aromatic rings. The van der Waals surface area contributed by atoms with Gasteiger partial charge in [0.2, 0.25) is 0 Å². The van der Waals surface area contributed by atoms with Crippen LogP contribution in [0.2, 0.25) is 0 Å². The molecule has 1 aliphatic rings. The Morgan fingerprint density at radius 2 is 2.10 bits per heavy atom. The minimum Gasteiger partial charge on any atom is -0.487 e. The molecule has 1 aliphatic carbocycles. The normalized spacial score (nSPS) is 26.1. The molecule has 0 saturated heterocycles. The molecule has 0 amide bonds. The van der Waals surface area contributed by atoms with Gasteiger partial charge in [0.05, 0.1) is 12.0 Å². The van der Waals surface area contributed by atoms with Crippen molar-refractivity contribution in [2.45, 2.75) is 32.3 Å². The first-order chi connectivity index (χ1) is 9.78. The minimum absolute atomic E-state index is 0.00910. The number of rotatable bonds is 2. The topological polar surface area (TPSA) is 45.9 Å². The molecule has 0 bridgehead atoms. The standard InChI is InChI=1S/C17H18N2O/c1-12-7-8-14(11-18)16(10-12)20-15-6-2-4-13-5-3-9-19-17(13)15/h2-6,9,12,14,16H,7-8,10H2,1H3. The van der Waals surface area contributed by atoms with Gasteiger partial charge in [0.1, 0.15) is 17.4 Å². The Balaban J connectivity index is 1.90. The highest BCUT2D eigenvalue weighted by Gasteiger charge is 2.30. The van der Waals surface area contributed by atoms with Crippen LogP contribution in [-0.2, 0) is 0 Å². The van der Waals surface area contributed by atoms with Crippen molar-refractivity contribution in [1.29, 1.82) is 5.26 Å². The Morgan fingerprint density at radius 1 is 1.25 bits per heavy atom. The van der Waals surface area contributed by atoms with E-state index in [1.807, 2.05) is 30.3 Å². The summed E-state index contributed by atoms with van der Waals surface area (Å²) in [6, 6.07) is 12.3. The van der Waals surface area contributed by atoms with Gasteiger partial charge in [0, 0.05) is 11.6 Å². The maximum atomic E-state index is 9.29. The number of ether oxygens (including phenoxy) is 1. The minimum atomic E-state index is -0.0173. The van der Waals surface area contributed by atoms with Crippen LogP contribution >= 0.6 is 0 Å². The molecular weight excluding hydrogens is 248 g/mol. The highest BCUT2D eigenvalue weighted by atomic mass is 16.5. The van der Waals surface area contributed by atoms with Crippen molar-refractivity contribution >= 4 is 10.9 Å². The molecule has 3 unspecified atom stereocenters. The number of fused-ring (bicyclic) bond motifs is 1. The van der Waals surface area contributed by atoms with E-state index in [2.05, 4.69) is 18.0 Å². The number of para-hydroxylation sites is 1. The molecule has 0 aliphatic heterocycles. The van der Waals surface area contributed by atoms with Crippen molar-refractivity contribution in [3.63, 3.8) is 0 Å². The summed E-state index contributed by atoms with van der Waals surface area (Å²) in [5, 5.41) is 10.4. The third-order valence-electron chi connectivity index (χ3n) is 4.09. The molecule has 1 heterocycles. The van der Waals surface area contributed by atoms with Gasteiger partial charge in [-0.3, -0.25) is 4.98 Å². The van der Waals surface area contributed by atoms with Gasteiger partial charge in [-0.1, -0.05) is 25.1 Å². The Bertz CT molecular complexity index is 641. The summed E-state index contributed by atoms with van der Waals surface area (Å²) < 4.78 is 6.16. The molecule has 1 saturated carbocycles. The van der Waals surface area contributed by atoms with Gasteiger partial charge in [0.25, 0.3) is 0 Å². The molecule has 3 nitrogen and oxygen atoms in total. The summed E-state index contributed by atoms with van der Waals surface area (Å²) in [5.74, 6) is 1.40.